The molecule has 0 spiro atoms. The molecule has 1 aromatic rings. The standard InChI is InChI=1S/C24H25F4N3O3/c1-13-4-3-5-17-18(20(13)30-21(32)15-6-7-15)11-31(22(17)33)14(2)16-8-9-19(29-10-16)34-12-24(27,28)23(25)26/h3,5,8-10,14-15,23H,4,6-7,11-12H2,1-2H3,(H,30,32). The van der Waals surface area contributed by atoms with Crippen LogP contribution in [0.5, 0.6) is 5.88 Å². The fourth-order valence-corrected chi connectivity index (χ4v) is 3.91. The number of alkyl halides is 4. The molecule has 0 radical (unpaired) electrons. The molecule has 0 aromatic carbocycles. The molecule has 1 aliphatic heterocycles. The van der Waals surface area contributed by atoms with Gasteiger partial charge in [0.05, 0.1) is 6.04 Å². The summed E-state index contributed by atoms with van der Waals surface area (Å²) in [6.07, 6.45) is 3.59. The van der Waals surface area contributed by atoms with Crippen LogP contribution in [0.25, 0.3) is 0 Å². The highest BCUT2D eigenvalue weighted by molar-refractivity contribution is 6.01. The van der Waals surface area contributed by atoms with E-state index in [2.05, 4.69) is 10.3 Å². The highest BCUT2D eigenvalue weighted by Gasteiger charge is 2.42. The van der Waals surface area contributed by atoms with Gasteiger partial charge in [-0.2, -0.15) is 8.78 Å². The van der Waals surface area contributed by atoms with Crippen LogP contribution in [0.2, 0.25) is 0 Å². The summed E-state index contributed by atoms with van der Waals surface area (Å²) in [5.74, 6) is -4.68. The zero-order chi connectivity index (χ0) is 24.6. The molecule has 4 rings (SSSR count). The maximum Gasteiger partial charge on any atom is 0.340 e. The lowest BCUT2D eigenvalue weighted by molar-refractivity contribution is -0.148. The minimum Gasteiger partial charge on any atom is -0.471 e. The van der Waals surface area contributed by atoms with Crippen molar-refractivity contribution < 1.29 is 31.9 Å². The van der Waals surface area contributed by atoms with Gasteiger partial charge in [0.15, 0.2) is 6.61 Å². The van der Waals surface area contributed by atoms with Crippen LogP contribution >= 0.6 is 0 Å². The Morgan fingerprint density at radius 1 is 1.32 bits per heavy atom. The van der Waals surface area contributed by atoms with Crippen molar-refractivity contribution in [3.8, 4) is 5.88 Å². The highest BCUT2D eigenvalue weighted by atomic mass is 19.3. The summed E-state index contributed by atoms with van der Waals surface area (Å²) in [4.78, 5) is 31.2. The van der Waals surface area contributed by atoms with Crippen molar-refractivity contribution in [2.24, 2.45) is 5.92 Å². The van der Waals surface area contributed by atoms with Gasteiger partial charge in [-0.25, -0.2) is 13.8 Å². The number of amides is 2. The second-order valence-corrected chi connectivity index (χ2v) is 8.81. The topological polar surface area (TPSA) is 71.5 Å². The minimum atomic E-state index is -4.27. The Morgan fingerprint density at radius 2 is 2.06 bits per heavy atom. The first-order valence-electron chi connectivity index (χ1n) is 11.0. The van der Waals surface area contributed by atoms with Crippen molar-refractivity contribution in [1.82, 2.24) is 15.2 Å². The molecule has 2 amide bonds. The number of ether oxygens (including phenoxy) is 1. The Balaban J connectivity index is 1.47. The summed E-state index contributed by atoms with van der Waals surface area (Å²) < 4.78 is 55.4. The normalized spacial score (nSPS) is 19.5. The Kier molecular flexibility index (Phi) is 6.51. The number of allylic oxidation sites excluding steroid dienone is 2. The molecule has 2 aliphatic carbocycles. The smallest absolute Gasteiger partial charge is 0.340 e. The molecule has 1 aromatic heterocycles. The van der Waals surface area contributed by atoms with E-state index in [-0.39, 0.29) is 30.2 Å². The second-order valence-electron chi connectivity index (χ2n) is 8.81. The number of carbonyl (C=O) groups excluding carboxylic acids is 2. The lowest BCUT2D eigenvalue weighted by Gasteiger charge is -2.26. The van der Waals surface area contributed by atoms with Gasteiger partial charge in [0, 0.05) is 41.6 Å². The number of aromatic nitrogens is 1. The molecular formula is C24H25F4N3O3. The molecule has 1 atom stereocenters. The summed E-state index contributed by atoms with van der Waals surface area (Å²) >= 11 is 0. The molecule has 3 aliphatic rings. The van der Waals surface area contributed by atoms with Gasteiger partial charge in [0.2, 0.25) is 11.8 Å². The first-order valence-corrected chi connectivity index (χ1v) is 11.0. The van der Waals surface area contributed by atoms with Crippen LogP contribution in [-0.2, 0) is 9.59 Å². The number of halogens is 4. The molecule has 6 nitrogen and oxygen atoms in total. The Bertz CT molecular complexity index is 1080. The van der Waals surface area contributed by atoms with E-state index in [0.29, 0.717) is 23.3 Å². The summed E-state index contributed by atoms with van der Waals surface area (Å²) in [6, 6.07) is 2.44. The lowest BCUT2D eigenvalue weighted by atomic mass is 10.0. The van der Waals surface area contributed by atoms with E-state index in [4.69, 9.17) is 4.74 Å². The van der Waals surface area contributed by atoms with Crippen LogP contribution in [0, 0.1) is 5.92 Å². The number of carbonyl (C=O) groups is 2. The Morgan fingerprint density at radius 3 is 2.68 bits per heavy atom. The van der Waals surface area contributed by atoms with Crippen molar-refractivity contribution in [2.45, 2.75) is 51.5 Å². The molecule has 10 heteroatoms. The number of nitrogens with one attached hydrogen (secondary N) is 1. The SMILES string of the molecule is CC1=C(NC(=O)C2CC2)C2=C(C=CC1)C(=O)N(C(C)c1ccc(OCC(F)(F)C(F)F)nc1)C2. The maximum atomic E-state index is 13.2. The minimum absolute atomic E-state index is 0.0279. The van der Waals surface area contributed by atoms with E-state index in [1.165, 1.54) is 12.3 Å². The van der Waals surface area contributed by atoms with Crippen LogP contribution in [0.4, 0.5) is 17.6 Å². The van der Waals surface area contributed by atoms with Crippen LogP contribution in [0.3, 0.4) is 0 Å². The monoisotopic (exact) mass is 479 g/mol. The zero-order valence-corrected chi connectivity index (χ0v) is 18.8. The third-order valence-electron chi connectivity index (χ3n) is 6.22. The highest BCUT2D eigenvalue weighted by Crippen LogP contribution is 2.36. The number of rotatable bonds is 8. The average Bonchev–Trinajstić information content (AvgIpc) is 3.62. The van der Waals surface area contributed by atoms with Crippen molar-refractivity contribution in [3.05, 3.63) is 58.5 Å². The molecule has 1 N–H and O–H groups in total. The molecule has 34 heavy (non-hydrogen) atoms. The Hall–Kier alpha value is -3.17. The number of hydrogen-bond acceptors (Lipinski definition) is 4. The molecule has 2 heterocycles. The van der Waals surface area contributed by atoms with Gasteiger partial charge >= 0.3 is 12.3 Å². The van der Waals surface area contributed by atoms with Gasteiger partial charge in [-0.05, 0) is 44.2 Å². The van der Waals surface area contributed by atoms with Crippen LogP contribution in [-0.4, -0.2) is 47.2 Å². The van der Waals surface area contributed by atoms with Gasteiger partial charge in [-0.1, -0.05) is 18.2 Å². The molecule has 1 unspecified atom stereocenters. The fourth-order valence-electron chi connectivity index (χ4n) is 3.91. The molecule has 182 valence electrons. The molecule has 1 saturated carbocycles. The lowest BCUT2D eigenvalue weighted by Crippen LogP contribution is -2.34. The number of pyridine rings is 1. The van der Waals surface area contributed by atoms with Gasteiger partial charge in [0.25, 0.3) is 5.91 Å². The predicted molar refractivity (Wildman–Crippen MR) is 115 cm³/mol. The van der Waals surface area contributed by atoms with E-state index in [1.54, 1.807) is 24.0 Å². The van der Waals surface area contributed by atoms with Gasteiger partial charge < -0.3 is 15.0 Å². The fraction of sp³-hybridized carbons (Fsp3) is 0.458. The van der Waals surface area contributed by atoms with Gasteiger partial charge in [-0.3, -0.25) is 9.59 Å². The average molecular weight is 479 g/mol. The largest absolute Gasteiger partial charge is 0.471 e. The zero-order valence-electron chi connectivity index (χ0n) is 18.8. The summed E-state index contributed by atoms with van der Waals surface area (Å²) in [5.41, 5.74) is 3.58. The second kappa shape index (κ2) is 9.23. The summed E-state index contributed by atoms with van der Waals surface area (Å²) in [6.45, 7) is 2.53. The molecule has 1 fully saturated rings. The van der Waals surface area contributed by atoms with Crippen molar-refractivity contribution >= 4 is 11.8 Å². The third kappa shape index (κ3) is 4.85. The van der Waals surface area contributed by atoms with E-state index in [9.17, 15) is 27.2 Å². The molecule has 0 bridgehead atoms. The number of nitrogens with zero attached hydrogens (tertiary/aromatic N) is 2. The maximum absolute atomic E-state index is 13.2. The van der Waals surface area contributed by atoms with Crippen molar-refractivity contribution in [3.63, 3.8) is 0 Å². The van der Waals surface area contributed by atoms with Crippen LogP contribution in [0.15, 0.2) is 52.9 Å². The first-order chi connectivity index (χ1) is 16.1. The van der Waals surface area contributed by atoms with Crippen molar-refractivity contribution in [1.29, 1.82) is 0 Å². The summed E-state index contributed by atoms with van der Waals surface area (Å²) in [7, 11) is 0. The summed E-state index contributed by atoms with van der Waals surface area (Å²) in [5, 5.41) is 3.02. The van der Waals surface area contributed by atoms with Crippen LogP contribution in [0.1, 0.15) is 44.7 Å². The quantitative estimate of drug-likeness (QED) is 0.564. The van der Waals surface area contributed by atoms with Gasteiger partial charge in [-0.15, -0.1) is 0 Å². The first kappa shape index (κ1) is 24.0. The van der Waals surface area contributed by atoms with E-state index >= 15 is 0 Å². The van der Waals surface area contributed by atoms with Crippen molar-refractivity contribution in [2.75, 3.05) is 13.2 Å². The Labute approximate surface area is 194 Å². The molecular weight excluding hydrogens is 454 g/mol. The van der Waals surface area contributed by atoms with E-state index in [1.807, 2.05) is 13.0 Å². The van der Waals surface area contributed by atoms with Crippen LogP contribution < -0.4 is 10.1 Å². The molecule has 0 saturated heterocycles. The van der Waals surface area contributed by atoms with E-state index in [0.717, 1.165) is 24.0 Å². The number of hydrogen-bond donors (Lipinski definition) is 1. The third-order valence-corrected chi connectivity index (χ3v) is 6.22. The predicted octanol–water partition coefficient (Wildman–Crippen LogP) is 4.32. The van der Waals surface area contributed by atoms with Gasteiger partial charge in [0.1, 0.15) is 0 Å². The van der Waals surface area contributed by atoms with E-state index < -0.39 is 25.0 Å².